The molecule has 6 heteroatoms. The number of hydrogen-bond donors (Lipinski definition) is 1. The average molecular weight is 204 g/mol. The summed E-state index contributed by atoms with van der Waals surface area (Å²) in [6.45, 7) is -4.91. The van der Waals surface area contributed by atoms with Crippen LogP contribution < -0.4 is 51.4 Å². The van der Waals surface area contributed by atoms with E-state index >= 15 is 0 Å². The van der Waals surface area contributed by atoms with E-state index in [1.165, 1.54) is 6.08 Å². The first-order valence-electron chi connectivity index (χ1n) is 3.56. The van der Waals surface area contributed by atoms with Gasteiger partial charge in [-0.3, -0.25) is 0 Å². The third kappa shape index (κ3) is 3.51. The second-order valence-corrected chi connectivity index (χ2v) is 2.78. The summed E-state index contributed by atoms with van der Waals surface area (Å²) in [7, 11) is 0. The summed E-state index contributed by atoms with van der Waals surface area (Å²) in [5.74, 6) is -1.59. The Labute approximate surface area is 112 Å². The van der Waals surface area contributed by atoms with Crippen LogP contribution in [0.2, 0.25) is 5.82 Å². The van der Waals surface area contributed by atoms with E-state index in [-0.39, 0.29) is 57.8 Å². The van der Waals surface area contributed by atoms with Crippen LogP contribution in [-0.4, -0.2) is 18.2 Å². The normalized spacial score (nSPS) is 29.7. The van der Waals surface area contributed by atoms with Gasteiger partial charge in [-0.15, -0.1) is 6.08 Å². The predicted octanol–water partition coefficient (Wildman–Crippen LogP) is -1.08. The zero-order valence-electron chi connectivity index (χ0n) is 6.88. The van der Waals surface area contributed by atoms with Crippen LogP contribution in [0.4, 0.5) is 12.9 Å². The Morgan fingerprint density at radius 1 is 1.33 bits per heavy atom. The number of rotatable bonds is 1. The number of halogens is 3. The number of hydrogen-bond acceptors (Lipinski definition) is 1. The second kappa shape index (κ2) is 5.17. The van der Waals surface area contributed by atoms with E-state index in [1.54, 1.807) is 0 Å². The van der Waals surface area contributed by atoms with Crippen molar-refractivity contribution < 1.29 is 69.4 Å². The minimum absolute atomic E-state index is 0. The van der Waals surface area contributed by atoms with E-state index in [2.05, 4.69) is 0 Å². The van der Waals surface area contributed by atoms with E-state index in [0.29, 0.717) is 6.42 Å². The van der Waals surface area contributed by atoms with Gasteiger partial charge in [0.15, 0.2) is 0 Å². The molecule has 0 aromatic heterocycles. The van der Waals surface area contributed by atoms with Crippen molar-refractivity contribution in [2.45, 2.75) is 24.8 Å². The van der Waals surface area contributed by atoms with Gasteiger partial charge in [-0.05, 0) is 18.7 Å². The predicted molar refractivity (Wildman–Crippen MR) is 37.2 cm³/mol. The molecule has 0 radical (unpaired) electrons. The third-order valence-electron chi connectivity index (χ3n) is 1.87. The van der Waals surface area contributed by atoms with Crippen LogP contribution in [0.5, 0.6) is 0 Å². The van der Waals surface area contributed by atoms with Crippen molar-refractivity contribution in [3.05, 3.63) is 12.2 Å². The molecule has 0 bridgehead atoms. The molecule has 0 spiro atoms. The van der Waals surface area contributed by atoms with Crippen molar-refractivity contribution in [2.75, 3.05) is 0 Å². The molecular formula is C6H9BF3KO. The Kier molecular flexibility index (Phi) is 5.68. The summed E-state index contributed by atoms with van der Waals surface area (Å²) < 4.78 is 36.1. The van der Waals surface area contributed by atoms with E-state index in [0.717, 1.165) is 6.08 Å². The van der Waals surface area contributed by atoms with Gasteiger partial charge in [-0.2, -0.15) is 0 Å². The van der Waals surface area contributed by atoms with E-state index in [9.17, 15) is 12.9 Å². The molecule has 64 valence electrons. The summed E-state index contributed by atoms with van der Waals surface area (Å²) in [4.78, 5) is 0. The van der Waals surface area contributed by atoms with Crippen molar-refractivity contribution in [3.8, 4) is 0 Å². The first-order chi connectivity index (χ1) is 5.02. The second-order valence-electron chi connectivity index (χ2n) is 2.78. The molecule has 1 aliphatic carbocycles. The maximum Gasteiger partial charge on any atom is 1.00 e. The standard InChI is InChI=1S/C6H9BF3O.K/c8-7(9,10)5-3-1-2-4-6(5)11;/h1,3,5-6,11H,2,4H2;/q-1;+1/t5-,6+;/m0./s1. The molecule has 0 amide bonds. The van der Waals surface area contributed by atoms with Crippen LogP contribution in [0.1, 0.15) is 12.8 Å². The van der Waals surface area contributed by atoms with Gasteiger partial charge < -0.3 is 18.1 Å². The number of aliphatic hydroxyl groups excluding tert-OH is 1. The molecule has 0 heterocycles. The Balaban J connectivity index is 0.00000121. The topological polar surface area (TPSA) is 20.2 Å². The fourth-order valence-corrected chi connectivity index (χ4v) is 1.22. The fourth-order valence-electron chi connectivity index (χ4n) is 1.22. The molecule has 0 aromatic rings. The molecule has 0 fully saturated rings. The maximum atomic E-state index is 12.0. The SMILES string of the molecule is O[C@@H]1CCC=C[C@@H]1[B-](F)(F)F.[K+]. The summed E-state index contributed by atoms with van der Waals surface area (Å²) in [5.41, 5.74) is 0. The van der Waals surface area contributed by atoms with Crippen LogP contribution in [0.3, 0.4) is 0 Å². The zero-order valence-corrected chi connectivity index (χ0v) is 10.0. The first kappa shape index (κ1) is 13.2. The monoisotopic (exact) mass is 204 g/mol. The summed E-state index contributed by atoms with van der Waals surface area (Å²) in [5, 5.41) is 8.95. The fraction of sp³-hybridized carbons (Fsp3) is 0.667. The first-order valence-corrected chi connectivity index (χ1v) is 3.56. The number of allylic oxidation sites excluding steroid dienone is 1. The largest absolute Gasteiger partial charge is 1.00 e. The summed E-state index contributed by atoms with van der Waals surface area (Å²) in [6.07, 6.45) is 2.09. The summed E-state index contributed by atoms with van der Waals surface area (Å²) in [6, 6.07) is 0. The van der Waals surface area contributed by atoms with Gasteiger partial charge in [0.25, 0.3) is 0 Å². The molecular weight excluding hydrogens is 195 g/mol. The van der Waals surface area contributed by atoms with Gasteiger partial charge in [0.2, 0.25) is 0 Å². The zero-order chi connectivity index (χ0) is 8.48. The molecule has 0 unspecified atom stereocenters. The van der Waals surface area contributed by atoms with Crippen molar-refractivity contribution in [3.63, 3.8) is 0 Å². The van der Waals surface area contributed by atoms with Gasteiger partial charge in [-0.1, -0.05) is 6.08 Å². The molecule has 1 N–H and O–H groups in total. The van der Waals surface area contributed by atoms with Gasteiger partial charge >= 0.3 is 58.4 Å². The average Bonchev–Trinajstić information content (AvgIpc) is 1.86. The van der Waals surface area contributed by atoms with Crippen LogP contribution in [0.15, 0.2) is 12.2 Å². The van der Waals surface area contributed by atoms with E-state index in [1.807, 2.05) is 0 Å². The molecule has 2 atom stereocenters. The van der Waals surface area contributed by atoms with Crippen LogP contribution in [0.25, 0.3) is 0 Å². The van der Waals surface area contributed by atoms with Crippen LogP contribution in [-0.2, 0) is 0 Å². The van der Waals surface area contributed by atoms with Gasteiger partial charge in [0, 0.05) is 6.10 Å². The molecule has 1 aliphatic rings. The Hall–Kier alpha value is 1.19. The van der Waals surface area contributed by atoms with Gasteiger partial charge in [0.1, 0.15) is 0 Å². The van der Waals surface area contributed by atoms with Crippen molar-refractivity contribution in [1.29, 1.82) is 0 Å². The van der Waals surface area contributed by atoms with E-state index < -0.39 is 18.9 Å². The Morgan fingerprint density at radius 2 is 1.92 bits per heavy atom. The van der Waals surface area contributed by atoms with Crippen molar-refractivity contribution in [2.24, 2.45) is 0 Å². The molecule has 1 nitrogen and oxygen atoms in total. The van der Waals surface area contributed by atoms with Crippen molar-refractivity contribution >= 4 is 6.98 Å². The number of aliphatic hydroxyl groups is 1. The van der Waals surface area contributed by atoms with Gasteiger partial charge in [0.05, 0.1) is 0 Å². The minimum Gasteiger partial charge on any atom is -0.448 e. The molecule has 0 saturated carbocycles. The smallest absolute Gasteiger partial charge is 0.448 e. The maximum absolute atomic E-state index is 12.0. The minimum atomic E-state index is -4.91. The molecule has 0 saturated heterocycles. The molecule has 1 rings (SSSR count). The van der Waals surface area contributed by atoms with Crippen LogP contribution in [0, 0.1) is 0 Å². The Morgan fingerprint density at radius 3 is 2.25 bits per heavy atom. The Bertz CT molecular complexity index is 171. The molecule has 12 heavy (non-hydrogen) atoms. The molecule has 0 aliphatic heterocycles. The van der Waals surface area contributed by atoms with Gasteiger partial charge in [-0.25, -0.2) is 0 Å². The van der Waals surface area contributed by atoms with Crippen LogP contribution >= 0.6 is 0 Å². The molecule has 0 aromatic carbocycles. The van der Waals surface area contributed by atoms with Crippen molar-refractivity contribution in [1.82, 2.24) is 0 Å². The van der Waals surface area contributed by atoms with E-state index in [4.69, 9.17) is 5.11 Å². The third-order valence-corrected chi connectivity index (χ3v) is 1.87. The summed E-state index contributed by atoms with van der Waals surface area (Å²) >= 11 is 0. The quantitative estimate of drug-likeness (QED) is 0.425.